The average molecular weight is 225 g/mol. The van der Waals surface area contributed by atoms with Gasteiger partial charge in [-0.15, -0.1) is 0 Å². The molecule has 0 radical (unpaired) electrons. The molecule has 0 amide bonds. The van der Waals surface area contributed by atoms with E-state index in [1.165, 1.54) is 25.7 Å². The van der Waals surface area contributed by atoms with Gasteiger partial charge in [0.15, 0.2) is 0 Å². The van der Waals surface area contributed by atoms with Crippen molar-refractivity contribution < 1.29 is 5.11 Å². The summed E-state index contributed by atoms with van der Waals surface area (Å²) in [5.41, 5.74) is -0.514. The Hall–Kier alpha value is -0.0800. The van der Waals surface area contributed by atoms with Crippen molar-refractivity contribution in [3.63, 3.8) is 0 Å². The van der Waals surface area contributed by atoms with Gasteiger partial charge in [-0.05, 0) is 50.4 Å². The summed E-state index contributed by atoms with van der Waals surface area (Å²) in [4.78, 5) is 0. The summed E-state index contributed by atoms with van der Waals surface area (Å²) in [6, 6.07) is 0.464. The highest BCUT2D eigenvalue weighted by atomic mass is 16.3. The number of nitrogens with one attached hydrogen (secondary N) is 1. The molecule has 0 spiro atoms. The molecule has 2 aliphatic rings. The van der Waals surface area contributed by atoms with Crippen molar-refractivity contribution in [2.75, 3.05) is 6.54 Å². The summed E-state index contributed by atoms with van der Waals surface area (Å²) < 4.78 is 0. The Morgan fingerprint density at radius 1 is 1.31 bits per heavy atom. The van der Waals surface area contributed by atoms with Gasteiger partial charge in [0, 0.05) is 12.6 Å². The van der Waals surface area contributed by atoms with E-state index in [1.807, 2.05) is 6.92 Å². The zero-order valence-electron chi connectivity index (χ0n) is 11.0. The van der Waals surface area contributed by atoms with Gasteiger partial charge in [0.05, 0.1) is 5.60 Å². The molecule has 2 rings (SSSR count). The van der Waals surface area contributed by atoms with Gasteiger partial charge in [0.25, 0.3) is 0 Å². The van der Waals surface area contributed by atoms with Gasteiger partial charge < -0.3 is 10.4 Å². The van der Waals surface area contributed by atoms with Gasteiger partial charge in [-0.25, -0.2) is 0 Å². The van der Waals surface area contributed by atoms with E-state index in [1.54, 1.807) is 0 Å². The fraction of sp³-hybridized carbons (Fsp3) is 1.00. The molecular formula is C14H27NO. The van der Waals surface area contributed by atoms with Gasteiger partial charge >= 0.3 is 0 Å². The van der Waals surface area contributed by atoms with Crippen LogP contribution in [0.3, 0.4) is 0 Å². The SMILES string of the molecule is CC(C)NCC(C)(O)CC1CC2CCC1C2. The number of fused-ring (bicyclic) bond motifs is 2. The molecule has 0 aromatic carbocycles. The second kappa shape index (κ2) is 4.66. The van der Waals surface area contributed by atoms with Gasteiger partial charge in [-0.1, -0.05) is 20.3 Å². The van der Waals surface area contributed by atoms with Crippen LogP contribution in [0.4, 0.5) is 0 Å². The maximum absolute atomic E-state index is 10.4. The van der Waals surface area contributed by atoms with Crippen LogP contribution in [0.25, 0.3) is 0 Å². The molecular weight excluding hydrogens is 198 g/mol. The van der Waals surface area contributed by atoms with Crippen molar-refractivity contribution in [3.8, 4) is 0 Å². The first-order valence-electron chi connectivity index (χ1n) is 6.92. The second-order valence-electron chi connectivity index (χ2n) is 6.67. The van der Waals surface area contributed by atoms with Crippen molar-refractivity contribution in [3.05, 3.63) is 0 Å². The van der Waals surface area contributed by atoms with Crippen molar-refractivity contribution in [2.24, 2.45) is 17.8 Å². The van der Waals surface area contributed by atoms with E-state index in [4.69, 9.17) is 0 Å². The van der Waals surface area contributed by atoms with Crippen LogP contribution in [0.5, 0.6) is 0 Å². The van der Waals surface area contributed by atoms with Gasteiger partial charge in [0.2, 0.25) is 0 Å². The molecule has 0 aliphatic heterocycles. The maximum atomic E-state index is 10.4. The van der Waals surface area contributed by atoms with Crippen molar-refractivity contribution >= 4 is 0 Å². The predicted octanol–water partition coefficient (Wildman–Crippen LogP) is 2.56. The first-order valence-corrected chi connectivity index (χ1v) is 6.92. The highest BCUT2D eigenvalue weighted by Crippen LogP contribution is 2.50. The number of hydrogen-bond acceptors (Lipinski definition) is 2. The van der Waals surface area contributed by atoms with E-state index in [0.717, 1.165) is 30.7 Å². The molecule has 0 aromatic rings. The molecule has 16 heavy (non-hydrogen) atoms. The Morgan fingerprint density at radius 3 is 2.56 bits per heavy atom. The van der Waals surface area contributed by atoms with E-state index < -0.39 is 5.60 Å². The van der Waals surface area contributed by atoms with E-state index in [-0.39, 0.29) is 0 Å². The van der Waals surface area contributed by atoms with Crippen molar-refractivity contribution in [2.45, 2.75) is 64.5 Å². The van der Waals surface area contributed by atoms with Crippen LogP contribution in [-0.2, 0) is 0 Å². The smallest absolute Gasteiger partial charge is 0.0746 e. The van der Waals surface area contributed by atoms with Gasteiger partial charge in [-0.2, -0.15) is 0 Å². The van der Waals surface area contributed by atoms with E-state index in [9.17, 15) is 5.11 Å². The second-order valence-corrected chi connectivity index (χ2v) is 6.67. The highest BCUT2D eigenvalue weighted by Gasteiger charge is 2.41. The minimum atomic E-state index is -0.514. The highest BCUT2D eigenvalue weighted by molar-refractivity contribution is 4.93. The monoisotopic (exact) mass is 225 g/mol. The van der Waals surface area contributed by atoms with Crippen LogP contribution in [-0.4, -0.2) is 23.3 Å². The predicted molar refractivity (Wildman–Crippen MR) is 67.3 cm³/mol. The van der Waals surface area contributed by atoms with E-state index >= 15 is 0 Å². The molecule has 94 valence electrons. The van der Waals surface area contributed by atoms with Crippen molar-refractivity contribution in [1.82, 2.24) is 5.32 Å². The first-order chi connectivity index (χ1) is 7.46. The zero-order valence-corrected chi connectivity index (χ0v) is 11.0. The normalized spacial score (nSPS) is 36.9. The van der Waals surface area contributed by atoms with Crippen LogP contribution in [0.2, 0.25) is 0 Å². The first kappa shape index (κ1) is 12.4. The molecule has 0 heterocycles. The largest absolute Gasteiger partial charge is 0.389 e. The lowest BCUT2D eigenvalue weighted by Gasteiger charge is -2.31. The average Bonchev–Trinajstić information content (AvgIpc) is 2.75. The van der Waals surface area contributed by atoms with E-state index in [2.05, 4.69) is 19.2 Å². The lowest BCUT2D eigenvalue weighted by molar-refractivity contribution is 0.0232. The standard InChI is InChI=1S/C14H27NO/c1-10(2)15-9-14(3,16)8-13-7-11-4-5-12(13)6-11/h10-13,15-16H,4-9H2,1-3H3. The number of rotatable bonds is 5. The van der Waals surface area contributed by atoms with Crippen LogP contribution >= 0.6 is 0 Å². The quantitative estimate of drug-likeness (QED) is 0.753. The Balaban J connectivity index is 1.79. The molecule has 0 saturated heterocycles. The van der Waals surface area contributed by atoms with Crippen LogP contribution in [0.1, 0.15) is 52.9 Å². The Labute approximate surface area is 99.8 Å². The van der Waals surface area contributed by atoms with Crippen LogP contribution in [0, 0.1) is 17.8 Å². The molecule has 2 bridgehead atoms. The molecule has 2 N–H and O–H groups in total. The lowest BCUT2D eigenvalue weighted by atomic mass is 9.81. The number of hydrogen-bond donors (Lipinski definition) is 2. The van der Waals surface area contributed by atoms with Crippen LogP contribution < -0.4 is 5.32 Å². The third kappa shape index (κ3) is 2.98. The molecule has 2 nitrogen and oxygen atoms in total. The Bertz CT molecular complexity index is 237. The van der Waals surface area contributed by atoms with Gasteiger partial charge in [0.1, 0.15) is 0 Å². The third-order valence-electron chi connectivity index (χ3n) is 4.48. The molecule has 4 atom stereocenters. The van der Waals surface area contributed by atoms with E-state index in [0.29, 0.717) is 6.04 Å². The Kier molecular flexibility index (Phi) is 3.60. The molecule has 4 unspecified atom stereocenters. The minimum absolute atomic E-state index is 0.464. The molecule has 0 aromatic heterocycles. The summed E-state index contributed by atoms with van der Waals surface area (Å²) in [6.07, 6.45) is 6.69. The zero-order chi connectivity index (χ0) is 11.8. The molecule has 2 saturated carbocycles. The lowest BCUT2D eigenvalue weighted by Crippen LogP contribution is -2.42. The van der Waals surface area contributed by atoms with Gasteiger partial charge in [-0.3, -0.25) is 0 Å². The fourth-order valence-corrected chi connectivity index (χ4v) is 3.69. The summed E-state index contributed by atoms with van der Waals surface area (Å²) >= 11 is 0. The van der Waals surface area contributed by atoms with Crippen LogP contribution in [0.15, 0.2) is 0 Å². The fourth-order valence-electron chi connectivity index (χ4n) is 3.69. The Morgan fingerprint density at radius 2 is 2.06 bits per heavy atom. The molecule has 2 aliphatic carbocycles. The van der Waals surface area contributed by atoms with Crippen molar-refractivity contribution in [1.29, 1.82) is 0 Å². The molecule has 2 heteroatoms. The maximum Gasteiger partial charge on any atom is 0.0746 e. The number of aliphatic hydroxyl groups is 1. The molecule has 2 fully saturated rings. The minimum Gasteiger partial charge on any atom is -0.389 e. The summed E-state index contributed by atoms with van der Waals surface area (Å²) in [7, 11) is 0. The summed E-state index contributed by atoms with van der Waals surface area (Å²) in [5.74, 6) is 2.71. The topological polar surface area (TPSA) is 32.3 Å². The summed E-state index contributed by atoms with van der Waals surface area (Å²) in [5, 5.41) is 13.7. The third-order valence-corrected chi connectivity index (χ3v) is 4.48. The summed E-state index contributed by atoms with van der Waals surface area (Å²) in [6.45, 7) is 6.99.